The van der Waals surface area contributed by atoms with Crippen LogP contribution in [0, 0.1) is 13.8 Å². The molecule has 0 aromatic heterocycles. The summed E-state index contributed by atoms with van der Waals surface area (Å²) in [4.78, 5) is 0. The lowest BCUT2D eigenvalue weighted by Crippen LogP contribution is -2.01. The van der Waals surface area contributed by atoms with Gasteiger partial charge in [0.2, 0.25) is 0 Å². The second-order valence-corrected chi connectivity index (χ2v) is 8.12. The van der Waals surface area contributed by atoms with Crippen LogP contribution in [0.4, 0.5) is 0 Å². The SMILES string of the molecule is CC.CC.Cc1ccc2c3c(cccc13)CC2.Cc1ccc2c3c(cccc13)CCC2. The van der Waals surface area contributed by atoms with Gasteiger partial charge in [0.15, 0.2) is 0 Å². The Balaban J connectivity index is 0.000000152. The Bertz CT molecular complexity index is 1140. The maximum absolute atomic E-state index is 2.31. The van der Waals surface area contributed by atoms with Crippen molar-refractivity contribution >= 4 is 21.5 Å². The average Bonchev–Trinajstić information content (AvgIpc) is 3.26. The van der Waals surface area contributed by atoms with Gasteiger partial charge in [-0.25, -0.2) is 0 Å². The van der Waals surface area contributed by atoms with Crippen LogP contribution in [0.1, 0.15) is 67.5 Å². The number of rotatable bonds is 0. The zero-order chi connectivity index (χ0) is 22.4. The molecule has 162 valence electrons. The van der Waals surface area contributed by atoms with Gasteiger partial charge in [-0.3, -0.25) is 0 Å². The number of hydrogen-bond donors (Lipinski definition) is 0. The summed E-state index contributed by atoms with van der Waals surface area (Å²) in [5.41, 5.74) is 8.99. The molecule has 0 unspecified atom stereocenters. The van der Waals surface area contributed by atoms with Crippen LogP contribution >= 0.6 is 0 Å². The van der Waals surface area contributed by atoms with E-state index >= 15 is 0 Å². The first kappa shape index (κ1) is 23.1. The van der Waals surface area contributed by atoms with Crippen molar-refractivity contribution in [3.05, 3.63) is 94.0 Å². The number of aryl methyl sites for hydroxylation is 6. The molecule has 4 aromatic carbocycles. The van der Waals surface area contributed by atoms with E-state index in [1.807, 2.05) is 27.7 Å². The Labute approximate surface area is 189 Å². The highest BCUT2D eigenvalue weighted by atomic mass is 14.2. The van der Waals surface area contributed by atoms with Crippen molar-refractivity contribution in [2.24, 2.45) is 0 Å². The molecule has 0 aliphatic heterocycles. The molecule has 2 aliphatic rings. The maximum Gasteiger partial charge on any atom is -0.0117 e. The highest BCUT2D eigenvalue weighted by Crippen LogP contribution is 2.32. The molecule has 0 N–H and O–H groups in total. The van der Waals surface area contributed by atoms with E-state index in [0.29, 0.717) is 0 Å². The summed E-state index contributed by atoms with van der Waals surface area (Å²) in [6, 6.07) is 22.5. The van der Waals surface area contributed by atoms with E-state index in [2.05, 4.69) is 74.5 Å². The standard InChI is InChI=1S/C14H14.C13H12.2C2H6/c1-10-8-9-12-5-2-4-11-6-3-7-13(10)14(11)12;1-9-5-6-11-8-7-10-3-2-4-12(9)13(10)11;2*1-2/h3,6-9H,2,4-5H2,1H3;2-6H,7-8H2,1H3;2*1-2H3. The Hall–Kier alpha value is -2.60. The summed E-state index contributed by atoms with van der Waals surface area (Å²) in [6.07, 6.45) is 6.29. The average molecular weight is 411 g/mol. The highest BCUT2D eigenvalue weighted by Gasteiger charge is 2.14. The summed E-state index contributed by atoms with van der Waals surface area (Å²) < 4.78 is 0. The van der Waals surface area contributed by atoms with Crippen molar-refractivity contribution in [2.45, 2.75) is 73.6 Å². The van der Waals surface area contributed by atoms with Gasteiger partial charge in [-0.15, -0.1) is 0 Å². The molecule has 0 bridgehead atoms. The minimum Gasteiger partial charge on any atom is -0.0683 e. The molecule has 0 radical (unpaired) electrons. The third-order valence-corrected chi connectivity index (χ3v) is 6.42. The molecule has 0 saturated heterocycles. The second-order valence-electron chi connectivity index (χ2n) is 8.12. The van der Waals surface area contributed by atoms with Crippen molar-refractivity contribution in [3.63, 3.8) is 0 Å². The minimum absolute atomic E-state index is 1.23. The monoisotopic (exact) mass is 410 g/mol. The summed E-state index contributed by atoms with van der Waals surface area (Å²) in [6.45, 7) is 12.4. The van der Waals surface area contributed by atoms with E-state index in [4.69, 9.17) is 0 Å². The lowest BCUT2D eigenvalue weighted by Gasteiger charge is -2.17. The largest absolute Gasteiger partial charge is 0.0683 e. The fraction of sp³-hybridized carbons (Fsp3) is 0.355. The van der Waals surface area contributed by atoms with Crippen LogP contribution in [0.5, 0.6) is 0 Å². The van der Waals surface area contributed by atoms with Crippen molar-refractivity contribution < 1.29 is 0 Å². The van der Waals surface area contributed by atoms with Gasteiger partial charge in [0, 0.05) is 0 Å². The van der Waals surface area contributed by atoms with Gasteiger partial charge in [0.25, 0.3) is 0 Å². The molecule has 2 aliphatic carbocycles. The van der Waals surface area contributed by atoms with Gasteiger partial charge in [-0.2, -0.15) is 0 Å². The molecule has 0 nitrogen and oxygen atoms in total. The predicted octanol–water partition coefficient (Wildman–Crippen LogP) is 8.94. The van der Waals surface area contributed by atoms with E-state index in [0.717, 1.165) is 0 Å². The summed E-state index contributed by atoms with van der Waals surface area (Å²) >= 11 is 0. The van der Waals surface area contributed by atoms with Crippen molar-refractivity contribution in [1.82, 2.24) is 0 Å². The quantitative estimate of drug-likeness (QED) is 0.271. The Morgan fingerprint density at radius 2 is 0.839 bits per heavy atom. The molecule has 0 heterocycles. The van der Waals surface area contributed by atoms with Crippen molar-refractivity contribution in [3.8, 4) is 0 Å². The Kier molecular flexibility index (Phi) is 7.91. The van der Waals surface area contributed by atoms with E-state index in [-0.39, 0.29) is 0 Å². The summed E-state index contributed by atoms with van der Waals surface area (Å²) in [7, 11) is 0. The van der Waals surface area contributed by atoms with Gasteiger partial charge >= 0.3 is 0 Å². The molecule has 0 fully saturated rings. The third kappa shape index (κ3) is 4.54. The molecule has 0 amide bonds. The van der Waals surface area contributed by atoms with Crippen molar-refractivity contribution in [2.75, 3.05) is 0 Å². The first-order valence-electron chi connectivity index (χ1n) is 12.2. The Morgan fingerprint density at radius 1 is 0.452 bits per heavy atom. The zero-order valence-corrected chi connectivity index (χ0v) is 20.3. The third-order valence-electron chi connectivity index (χ3n) is 6.42. The van der Waals surface area contributed by atoms with Crippen LogP contribution in [-0.4, -0.2) is 0 Å². The molecular formula is C31H38. The van der Waals surface area contributed by atoms with Crippen LogP contribution in [-0.2, 0) is 25.7 Å². The van der Waals surface area contributed by atoms with Crippen LogP contribution < -0.4 is 0 Å². The van der Waals surface area contributed by atoms with E-state index in [1.54, 1.807) is 16.5 Å². The van der Waals surface area contributed by atoms with E-state index in [1.165, 1.54) is 70.5 Å². The number of hydrogen-bond acceptors (Lipinski definition) is 0. The molecule has 0 heteroatoms. The van der Waals surface area contributed by atoms with Crippen LogP contribution in [0.15, 0.2) is 60.7 Å². The topological polar surface area (TPSA) is 0 Å². The van der Waals surface area contributed by atoms with Gasteiger partial charge < -0.3 is 0 Å². The van der Waals surface area contributed by atoms with Crippen molar-refractivity contribution in [1.29, 1.82) is 0 Å². The predicted molar refractivity (Wildman–Crippen MR) is 139 cm³/mol. The molecule has 0 spiro atoms. The van der Waals surface area contributed by atoms with Crippen LogP contribution in [0.25, 0.3) is 21.5 Å². The fourth-order valence-corrected chi connectivity index (χ4v) is 4.99. The van der Waals surface area contributed by atoms with E-state index in [9.17, 15) is 0 Å². The first-order chi connectivity index (χ1) is 15.2. The van der Waals surface area contributed by atoms with E-state index < -0.39 is 0 Å². The van der Waals surface area contributed by atoms with Crippen LogP contribution in [0.2, 0.25) is 0 Å². The summed E-state index contributed by atoms with van der Waals surface area (Å²) in [5, 5.41) is 5.98. The second kappa shape index (κ2) is 10.6. The molecule has 4 aromatic rings. The van der Waals surface area contributed by atoms with Gasteiger partial charge in [0.05, 0.1) is 0 Å². The van der Waals surface area contributed by atoms with Gasteiger partial charge in [-0.05, 0) is 101 Å². The minimum atomic E-state index is 1.23. The molecule has 0 atom stereocenters. The lowest BCUT2D eigenvalue weighted by molar-refractivity contribution is 0.808. The smallest absolute Gasteiger partial charge is 0.0117 e. The normalized spacial score (nSPS) is 12.8. The van der Waals surface area contributed by atoms with Crippen LogP contribution in [0.3, 0.4) is 0 Å². The summed E-state index contributed by atoms with van der Waals surface area (Å²) in [5.74, 6) is 0. The maximum atomic E-state index is 2.31. The molecule has 0 saturated carbocycles. The first-order valence-corrected chi connectivity index (χ1v) is 12.2. The Morgan fingerprint density at radius 3 is 1.32 bits per heavy atom. The fourth-order valence-electron chi connectivity index (χ4n) is 4.99. The lowest BCUT2D eigenvalue weighted by atomic mass is 9.87. The van der Waals surface area contributed by atoms with Gasteiger partial charge in [0.1, 0.15) is 0 Å². The molecular weight excluding hydrogens is 372 g/mol. The molecule has 31 heavy (non-hydrogen) atoms. The number of benzene rings is 4. The van der Waals surface area contributed by atoms with Gasteiger partial charge in [-0.1, -0.05) is 88.4 Å². The molecule has 6 rings (SSSR count). The zero-order valence-electron chi connectivity index (χ0n) is 20.3. The highest BCUT2D eigenvalue weighted by molar-refractivity contribution is 5.93.